The Morgan fingerprint density at radius 3 is 2.25 bits per heavy atom. The summed E-state index contributed by atoms with van der Waals surface area (Å²) in [6.45, 7) is 6.13. The van der Waals surface area contributed by atoms with Gasteiger partial charge >= 0.3 is 0 Å². The summed E-state index contributed by atoms with van der Waals surface area (Å²) in [4.78, 5) is 0. The molecule has 2 aromatic rings. The monoisotopic (exact) mass is 307 g/mol. The van der Waals surface area contributed by atoms with E-state index in [1.54, 1.807) is 0 Å². The van der Waals surface area contributed by atoms with Gasteiger partial charge in [0.1, 0.15) is 0 Å². The van der Waals surface area contributed by atoms with Crippen LogP contribution < -0.4 is 5.32 Å². The zero-order valence-electron chi connectivity index (χ0n) is 12.2. The van der Waals surface area contributed by atoms with Gasteiger partial charge in [-0.3, -0.25) is 0 Å². The van der Waals surface area contributed by atoms with Crippen molar-refractivity contribution < 1.29 is 0 Å². The Labute approximate surface area is 130 Å². The molecule has 0 aliphatic rings. The lowest BCUT2D eigenvalue weighted by Gasteiger charge is -2.22. The molecule has 1 unspecified atom stereocenters. The van der Waals surface area contributed by atoms with Gasteiger partial charge in [-0.05, 0) is 61.7 Å². The highest BCUT2D eigenvalue weighted by atomic mass is 35.5. The zero-order chi connectivity index (χ0) is 14.9. The molecule has 0 heterocycles. The van der Waals surface area contributed by atoms with E-state index in [0.29, 0.717) is 0 Å². The van der Waals surface area contributed by atoms with Gasteiger partial charge in [-0.15, -0.1) is 0 Å². The predicted molar refractivity (Wildman–Crippen MR) is 88.0 cm³/mol. The van der Waals surface area contributed by atoms with Gasteiger partial charge < -0.3 is 5.32 Å². The van der Waals surface area contributed by atoms with Crippen LogP contribution >= 0.6 is 23.2 Å². The van der Waals surface area contributed by atoms with Crippen LogP contribution in [-0.2, 0) is 0 Å². The van der Waals surface area contributed by atoms with Crippen LogP contribution in [0.4, 0.5) is 0 Å². The van der Waals surface area contributed by atoms with Crippen molar-refractivity contribution in [3.05, 3.63) is 68.2 Å². The minimum Gasteiger partial charge on any atom is -0.309 e. The Balaban J connectivity index is 2.58. The lowest BCUT2D eigenvalue weighted by molar-refractivity contribution is 0.686. The van der Waals surface area contributed by atoms with Crippen molar-refractivity contribution in [3.8, 4) is 0 Å². The molecule has 1 nitrogen and oxygen atoms in total. The molecule has 0 aliphatic carbocycles. The van der Waals surface area contributed by atoms with E-state index in [9.17, 15) is 0 Å². The van der Waals surface area contributed by atoms with Crippen LogP contribution in [0.3, 0.4) is 0 Å². The number of halogens is 2. The fourth-order valence-corrected chi connectivity index (χ4v) is 2.94. The fourth-order valence-electron chi connectivity index (χ4n) is 2.49. The molecule has 20 heavy (non-hydrogen) atoms. The highest BCUT2D eigenvalue weighted by molar-refractivity contribution is 6.32. The van der Waals surface area contributed by atoms with Crippen molar-refractivity contribution >= 4 is 23.2 Å². The first-order valence-electron chi connectivity index (χ1n) is 6.64. The quantitative estimate of drug-likeness (QED) is 0.819. The number of nitrogens with one attached hydrogen (secondary N) is 1. The topological polar surface area (TPSA) is 12.0 Å². The molecule has 106 valence electrons. The first-order chi connectivity index (χ1) is 9.45. The first-order valence-corrected chi connectivity index (χ1v) is 7.40. The highest BCUT2D eigenvalue weighted by Crippen LogP contribution is 2.33. The van der Waals surface area contributed by atoms with Crippen LogP contribution in [0.15, 0.2) is 30.3 Å². The van der Waals surface area contributed by atoms with Gasteiger partial charge in [0.15, 0.2) is 0 Å². The largest absolute Gasteiger partial charge is 0.309 e. The zero-order valence-corrected chi connectivity index (χ0v) is 13.7. The maximum absolute atomic E-state index is 6.47. The number of benzene rings is 2. The first kappa shape index (κ1) is 15.4. The third-order valence-corrected chi connectivity index (χ3v) is 4.60. The van der Waals surface area contributed by atoms with Crippen LogP contribution in [0.25, 0.3) is 0 Å². The second kappa shape index (κ2) is 6.17. The van der Waals surface area contributed by atoms with Gasteiger partial charge in [0.2, 0.25) is 0 Å². The fraction of sp³-hybridized carbons (Fsp3) is 0.294. The SMILES string of the molecule is CNC(c1cc(C)c(Cl)cc1C)c1cccc(C)c1Cl. The van der Waals surface area contributed by atoms with Gasteiger partial charge in [-0.1, -0.05) is 47.5 Å². The van der Waals surface area contributed by atoms with E-state index in [2.05, 4.69) is 24.4 Å². The molecule has 0 fully saturated rings. The van der Waals surface area contributed by atoms with Gasteiger partial charge in [-0.25, -0.2) is 0 Å². The van der Waals surface area contributed by atoms with Crippen LogP contribution in [0, 0.1) is 20.8 Å². The average molecular weight is 308 g/mol. The van der Waals surface area contributed by atoms with Gasteiger partial charge in [0.05, 0.1) is 6.04 Å². The molecular formula is C17H19Cl2N. The van der Waals surface area contributed by atoms with Crippen molar-refractivity contribution in [2.45, 2.75) is 26.8 Å². The van der Waals surface area contributed by atoms with Crippen molar-refractivity contribution in [1.29, 1.82) is 0 Å². The third-order valence-electron chi connectivity index (χ3n) is 3.68. The van der Waals surface area contributed by atoms with Gasteiger partial charge in [0, 0.05) is 10.0 Å². The van der Waals surface area contributed by atoms with E-state index < -0.39 is 0 Å². The Morgan fingerprint density at radius 2 is 1.60 bits per heavy atom. The molecule has 0 bridgehead atoms. The summed E-state index contributed by atoms with van der Waals surface area (Å²) < 4.78 is 0. The molecule has 0 aromatic heterocycles. The molecule has 0 spiro atoms. The summed E-state index contributed by atoms with van der Waals surface area (Å²) in [7, 11) is 1.95. The van der Waals surface area contributed by atoms with Crippen LogP contribution in [0.2, 0.25) is 10.0 Å². The van der Waals surface area contributed by atoms with E-state index in [0.717, 1.165) is 32.3 Å². The van der Waals surface area contributed by atoms with E-state index in [1.807, 2.05) is 39.1 Å². The van der Waals surface area contributed by atoms with Crippen LogP contribution in [-0.4, -0.2) is 7.05 Å². The van der Waals surface area contributed by atoms with Crippen molar-refractivity contribution in [1.82, 2.24) is 5.32 Å². The van der Waals surface area contributed by atoms with Crippen molar-refractivity contribution in [3.63, 3.8) is 0 Å². The normalized spacial score (nSPS) is 12.5. The molecule has 0 radical (unpaired) electrons. The lowest BCUT2D eigenvalue weighted by atomic mass is 9.93. The Bertz CT molecular complexity index is 635. The molecule has 2 aromatic carbocycles. The second-order valence-corrected chi connectivity index (χ2v) is 5.94. The summed E-state index contributed by atoms with van der Waals surface area (Å²) in [6, 6.07) is 10.4. The number of hydrogen-bond donors (Lipinski definition) is 1. The smallest absolute Gasteiger partial charge is 0.0591 e. The number of rotatable bonds is 3. The van der Waals surface area contributed by atoms with E-state index >= 15 is 0 Å². The van der Waals surface area contributed by atoms with E-state index in [1.165, 1.54) is 5.56 Å². The summed E-state index contributed by atoms with van der Waals surface area (Å²) >= 11 is 12.7. The summed E-state index contributed by atoms with van der Waals surface area (Å²) in [5, 5.41) is 4.98. The summed E-state index contributed by atoms with van der Waals surface area (Å²) in [5.74, 6) is 0. The molecule has 2 rings (SSSR count). The average Bonchev–Trinajstić information content (AvgIpc) is 2.41. The van der Waals surface area contributed by atoms with E-state index in [4.69, 9.17) is 23.2 Å². The minimum atomic E-state index is 0.0679. The Morgan fingerprint density at radius 1 is 0.900 bits per heavy atom. The number of aryl methyl sites for hydroxylation is 3. The maximum atomic E-state index is 6.47. The maximum Gasteiger partial charge on any atom is 0.0591 e. The predicted octanol–water partition coefficient (Wildman–Crippen LogP) is 5.23. The standard InChI is InChI=1S/C17H19Cl2N/c1-10-6-5-7-13(16(10)19)17(20-4)14-8-12(3)15(18)9-11(14)2/h5-9,17,20H,1-4H3. The van der Waals surface area contributed by atoms with Crippen LogP contribution in [0.5, 0.6) is 0 Å². The second-order valence-electron chi connectivity index (χ2n) is 5.16. The van der Waals surface area contributed by atoms with Gasteiger partial charge in [0.25, 0.3) is 0 Å². The molecule has 3 heteroatoms. The molecule has 0 aliphatic heterocycles. The van der Waals surface area contributed by atoms with Gasteiger partial charge in [-0.2, -0.15) is 0 Å². The molecule has 0 amide bonds. The number of hydrogen-bond acceptors (Lipinski definition) is 1. The molecule has 0 saturated carbocycles. The Hall–Kier alpha value is -1.02. The molecule has 1 atom stereocenters. The van der Waals surface area contributed by atoms with Crippen molar-refractivity contribution in [2.75, 3.05) is 7.05 Å². The summed E-state index contributed by atoms with van der Waals surface area (Å²) in [6.07, 6.45) is 0. The Kier molecular flexibility index (Phi) is 4.74. The third kappa shape index (κ3) is 2.85. The van der Waals surface area contributed by atoms with Crippen LogP contribution in [0.1, 0.15) is 33.9 Å². The van der Waals surface area contributed by atoms with Crippen molar-refractivity contribution in [2.24, 2.45) is 0 Å². The minimum absolute atomic E-state index is 0.0679. The molecule has 1 N–H and O–H groups in total. The highest BCUT2D eigenvalue weighted by Gasteiger charge is 2.18. The molecular weight excluding hydrogens is 289 g/mol. The van der Waals surface area contributed by atoms with E-state index in [-0.39, 0.29) is 6.04 Å². The summed E-state index contributed by atoms with van der Waals surface area (Å²) in [5.41, 5.74) is 5.64. The molecule has 0 saturated heterocycles. The lowest BCUT2D eigenvalue weighted by Crippen LogP contribution is -2.19.